The average molecular weight is 391 g/mol. The molecule has 1 saturated heterocycles. The molecule has 1 aromatic heterocycles. The number of hydrogen-bond acceptors (Lipinski definition) is 5. The van der Waals surface area contributed by atoms with Gasteiger partial charge in [-0.3, -0.25) is 4.79 Å². The van der Waals surface area contributed by atoms with Gasteiger partial charge >= 0.3 is 0 Å². The second-order valence-electron chi connectivity index (χ2n) is 7.26. The molecule has 2 aromatic carbocycles. The summed E-state index contributed by atoms with van der Waals surface area (Å²) >= 11 is 0. The molecular formula is C23H25N3O3. The summed E-state index contributed by atoms with van der Waals surface area (Å²) in [6.07, 6.45) is 1.41. The van der Waals surface area contributed by atoms with Gasteiger partial charge in [0.25, 0.3) is 0 Å². The maximum atomic E-state index is 12.5. The van der Waals surface area contributed by atoms with Gasteiger partial charge < -0.3 is 14.2 Å². The summed E-state index contributed by atoms with van der Waals surface area (Å²) in [6, 6.07) is 16.0. The van der Waals surface area contributed by atoms with Crippen LogP contribution in [-0.2, 0) is 17.8 Å². The largest absolute Gasteiger partial charge is 0.494 e. The Morgan fingerprint density at radius 1 is 1.07 bits per heavy atom. The molecule has 29 heavy (non-hydrogen) atoms. The lowest BCUT2D eigenvalue weighted by atomic mass is 10.1. The van der Waals surface area contributed by atoms with Crippen LogP contribution in [0.2, 0.25) is 0 Å². The summed E-state index contributed by atoms with van der Waals surface area (Å²) in [5.41, 5.74) is 3.30. The second kappa shape index (κ2) is 8.47. The van der Waals surface area contributed by atoms with Crippen LogP contribution in [0.15, 0.2) is 53.1 Å². The number of benzene rings is 2. The van der Waals surface area contributed by atoms with Crippen LogP contribution in [0.5, 0.6) is 5.75 Å². The van der Waals surface area contributed by atoms with Crippen molar-refractivity contribution in [3.63, 3.8) is 0 Å². The minimum atomic E-state index is -0.0682. The molecular weight excluding hydrogens is 366 g/mol. The van der Waals surface area contributed by atoms with Crippen LogP contribution in [0.4, 0.5) is 0 Å². The van der Waals surface area contributed by atoms with E-state index in [2.05, 4.69) is 41.3 Å². The Morgan fingerprint density at radius 3 is 2.48 bits per heavy atom. The molecule has 1 fully saturated rings. The zero-order valence-corrected chi connectivity index (χ0v) is 16.8. The van der Waals surface area contributed by atoms with Crippen molar-refractivity contribution in [2.75, 3.05) is 13.2 Å². The van der Waals surface area contributed by atoms with Crippen LogP contribution in [0, 0.1) is 0 Å². The number of ether oxygens (including phenoxy) is 1. The second-order valence-corrected chi connectivity index (χ2v) is 7.26. The topological polar surface area (TPSA) is 68.5 Å². The van der Waals surface area contributed by atoms with E-state index >= 15 is 0 Å². The van der Waals surface area contributed by atoms with E-state index in [-0.39, 0.29) is 11.8 Å². The SMILES string of the molecule is CCOc1ccc(-c2noc(C3CC(=O)N(Cc4ccc(CC)cc4)C3)n2)cc1. The van der Waals surface area contributed by atoms with Gasteiger partial charge in [0.15, 0.2) is 0 Å². The first kappa shape index (κ1) is 19.2. The maximum Gasteiger partial charge on any atom is 0.232 e. The van der Waals surface area contributed by atoms with Crippen molar-refractivity contribution in [2.24, 2.45) is 0 Å². The lowest BCUT2D eigenvalue weighted by Gasteiger charge is -2.16. The Morgan fingerprint density at radius 2 is 1.79 bits per heavy atom. The van der Waals surface area contributed by atoms with Crippen molar-refractivity contribution in [1.82, 2.24) is 15.0 Å². The molecule has 1 aliphatic rings. The van der Waals surface area contributed by atoms with E-state index in [9.17, 15) is 4.79 Å². The van der Waals surface area contributed by atoms with Gasteiger partial charge in [-0.1, -0.05) is 36.3 Å². The third-order valence-electron chi connectivity index (χ3n) is 5.23. The molecule has 2 heterocycles. The number of carbonyl (C=O) groups is 1. The molecule has 6 heteroatoms. The highest BCUT2D eigenvalue weighted by Gasteiger charge is 2.34. The molecule has 1 aliphatic heterocycles. The monoisotopic (exact) mass is 391 g/mol. The van der Waals surface area contributed by atoms with E-state index in [1.54, 1.807) is 0 Å². The number of likely N-dealkylation sites (tertiary alicyclic amines) is 1. The summed E-state index contributed by atoms with van der Waals surface area (Å²) in [6.45, 7) is 5.92. The molecule has 0 spiro atoms. The van der Waals surface area contributed by atoms with Crippen molar-refractivity contribution < 1.29 is 14.1 Å². The normalized spacial score (nSPS) is 16.4. The van der Waals surface area contributed by atoms with Crippen LogP contribution in [0.3, 0.4) is 0 Å². The standard InChI is InChI=1S/C23H25N3O3/c1-3-16-5-7-17(8-6-16)14-26-15-19(13-21(26)27)23-24-22(25-29-23)18-9-11-20(12-10-18)28-4-2/h5-12,19H,3-4,13-15H2,1-2H3. The predicted molar refractivity (Wildman–Crippen MR) is 109 cm³/mol. The summed E-state index contributed by atoms with van der Waals surface area (Å²) in [5.74, 6) is 1.91. The highest BCUT2D eigenvalue weighted by molar-refractivity contribution is 5.79. The van der Waals surface area contributed by atoms with Crippen molar-refractivity contribution >= 4 is 5.91 Å². The van der Waals surface area contributed by atoms with Gasteiger partial charge in [-0.15, -0.1) is 0 Å². The summed E-state index contributed by atoms with van der Waals surface area (Å²) in [4.78, 5) is 18.9. The molecule has 0 saturated carbocycles. The van der Waals surface area contributed by atoms with Gasteiger partial charge in [-0.2, -0.15) is 4.98 Å². The highest BCUT2D eigenvalue weighted by Crippen LogP contribution is 2.30. The van der Waals surface area contributed by atoms with E-state index in [0.29, 0.717) is 37.8 Å². The smallest absolute Gasteiger partial charge is 0.232 e. The summed E-state index contributed by atoms with van der Waals surface area (Å²) < 4.78 is 10.9. The fourth-order valence-corrected chi connectivity index (χ4v) is 3.58. The number of nitrogens with zero attached hydrogens (tertiary/aromatic N) is 3. The van der Waals surface area contributed by atoms with Crippen molar-refractivity contribution in [1.29, 1.82) is 0 Å². The fourth-order valence-electron chi connectivity index (χ4n) is 3.58. The predicted octanol–water partition coefficient (Wildman–Crippen LogP) is 4.21. The fraction of sp³-hybridized carbons (Fsp3) is 0.348. The van der Waals surface area contributed by atoms with Crippen LogP contribution in [0.1, 0.15) is 43.2 Å². The zero-order chi connectivity index (χ0) is 20.2. The molecule has 0 aliphatic carbocycles. The number of rotatable bonds is 7. The van der Waals surface area contributed by atoms with E-state index in [0.717, 1.165) is 23.3 Å². The van der Waals surface area contributed by atoms with Crippen molar-refractivity contribution in [2.45, 2.75) is 39.2 Å². The maximum absolute atomic E-state index is 12.5. The molecule has 1 amide bonds. The van der Waals surface area contributed by atoms with Crippen LogP contribution in [-0.4, -0.2) is 34.1 Å². The molecule has 0 bridgehead atoms. The van der Waals surface area contributed by atoms with Crippen molar-refractivity contribution in [3.8, 4) is 17.1 Å². The lowest BCUT2D eigenvalue weighted by molar-refractivity contribution is -0.128. The van der Waals surface area contributed by atoms with E-state index < -0.39 is 0 Å². The first-order chi connectivity index (χ1) is 14.2. The minimum Gasteiger partial charge on any atom is -0.494 e. The quantitative estimate of drug-likeness (QED) is 0.603. The summed E-state index contributed by atoms with van der Waals surface area (Å²) in [7, 11) is 0. The Hall–Kier alpha value is -3.15. The van der Waals surface area contributed by atoms with Gasteiger partial charge in [-0.25, -0.2) is 0 Å². The number of aromatic nitrogens is 2. The van der Waals surface area contributed by atoms with Gasteiger partial charge in [0.1, 0.15) is 5.75 Å². The van der Waals surface area contributed by atoms with Crippen LogP contribution < -0.4 is 4.74 Å². The van der Waals surface area contributed by atoms with Crippen LogP contribution in [0.25, 0.3) is 11.4 Å². The van der Waals surface area contributed by atoms with E-state index in [1.807, 2.05) is 36.1 Å². The lowest BCUT2D eigenvalue weighted by Crippen LogP contribution is -2.24. The third-order valence-corrected chi connectivity index (χ3v) is 5.23. The Balaban J connectivity index is 1.42. The highest BCUT2D eigenvalue weighted by atomic mass is 16.5. The number of aryl methyl sites for hydroxylation is 1. The zero-order valence-electron chi connectivity index (χ0n) is 16.8. The minimum absolute atomic E-state index is 0.0682. The van der Waals surface area contributed by atoms with Gasteiger partial charge in [0.05, 0.1) is 12.5 Å². The number of carbonyl (C=O) groups excluding carboxylic acids is 1. The first-order valence-electron chi connectivity index (χ1n) is 10.1. The molecule has 4 rings (SSSR count). The summed E-state index contributed by atoms with van der Waals surface area (Å²) in [5, 5.41) is 4.10. The first-order valence-corrected chi connectivity index (χ1v) is 10.1. The van der Waals surface area contributed by atoms with Crippen molar-refractivity contribution in [3.05, 3.63) is 65.5 Å². The molecule has 150 valence electrons. The van der Waals surface area contributed by atoms with Crippen LogP contribution >= 0.6 is 0 Å². The number of hydrogen-bond donors (Lipinski definition) is 0. The Bertz CT molecular complexity index is 964. The molecule has 1 unspecified atom stereocenters. The van der Waals surface area contributed by atoms with E-state index in [1.165, 1.54) is 5.56 Å². The third kappa shape index (κ3) is 4.31. The Labute approximate surface area is 170 Å². The average Bonchev–Trinajstić information content (AvgIpc) is 3.37. The molecule has 6 nitrogen and oxygen atoms in total. The molecule has 0 N–H and O–H groups in total. The van der Waals surface area contributed by atoms with Gasteiger partial charge in [-0.05, 0) is 48.7 Å². The number of amides is 1. The molecule has 0 radical (unpaired) electrons. The molecule has 1 atom stereocenters. The van der Waals surface area contributed by atoms with Gasteiger partial charge in [0.2, 0.25) is 17.6 Å². The molecule has 3 aromatic rings. The van der Waals surface area contributed by atoms with Gasteiger partial charge in [0, 0.05) is 25.1 Å². The Kier molecular flexibility index (Phi) is 5.60. The van der Waals surface area contributed by atoms with E-state index in [4.69, 9.17) is 9.26 Å².